The lowest BCUT2D eigenvalue weighted by atomic mass is 10.2. The van der Waals surface area contributed by atoms with Crippen molar-refractivity contribution in [3.63, 3.8) is 0 Å². The number of hydrogen-bond donors (Lipinski definition) is 1. The van der Waals surface area contributed by atoms with E-state index in [0.717, 1.165) is 0 Å². The molecule has 0 saturated heterocycles. The van der Waals surface area contributed by atoms with Crippen molar-refractivity contribution < 1.29 is 14.3 Å². The minimum atomic E-state index is -0.585. The number of methoxy groups -OCH3 is 1. The fraction of sp³-hybridized carbons (Fsp3) is 0.364. The van der Waals surface area contributed by atoms with E-state index in [0.29, 0.717) is 18.7 Å². The van der Waals surface area contributed by atoms with E-state index in [1.165, 1.54) is 19.4 Å². The second kappa shape index (κ2) is 7.18. The van der Waals surface area contributed by atoms with Gasteiger partial charge in [-0.05, 0) is 12.5 Å². The number of ether oxygens (including phenoxy) is 1. The molecule has 0 spiro atoms. The van der Waals surface area contributed by atoms with Gasteiger partial charge in [-0.15, -0.1) is 11.6 Å². The zero-order chi connectivity index (χ0) is 13.5. The number of rotatable bonds is 5. The van der Waals surface area contributed by atoms with E-state index in [9.17, 15) is 9.59 Å². The quantitative estimate of drug-likeness (QED) is 0.668. The molecule has 18 heavy (non-hydrogen) atoms. The molecule has 0 aromatic carbocycles. The average Bonchev–Trinajstić information content (AvgIpc) is 2.37. The second-order valence-corrected chi connectivity index (χ2v) is 4.17. The van der Waals surface area contributed by atoms with E-state index in [1.807, 2.05) is 0 Å². The van der Waals surface area contributed by atoms with E-state index in [1.54, 1.807) is 0 Å². The molecule has 5 nitrogen and oxygen atoms in total. The molecular formula is C11H12Cl2N2O3. The molecule has 0 radical (unpaired) electrons. The van der Waals surface area contributed by atoms with Crippen molar-refractivity contribution in [2.45, 2.75) is 12.8 Å². The van der Waals surface area contributed by atoms with E-state index in [4.69, 9.17) is 23.2 Å². The first-order chi connectivity index (χ1) is 8.58. The highest BCUT2D eigenvalue weighted by Gasteiger charge is 2.13. The lowest BCUT2D eigenvalue weighted by Crippen LogP contribution is -2.13. The number of carbonyl (C=O) groups excluding carboxylic acids is 2. The Bertz CT molecular complexity index is 452. The van der Waals surface area contributed by atoms with Gasteiger partial charge in [0.1, 0.15) is 5.82 Å². The summed E-state index contributed by atoms with van der Waals surface area (Å²) in [6.45, 7) is 0. The van der Waals surface area contributed by atoms with Crippen molar-refractivity contribution in [2.75, 3.05) is 18.3 Å². The van der Waals surface area contributed by atoms with Gasteiger partial charge in [-0.1, -0.05) is 11.6 Å². The molecule has 0 fully saturated rings. The number of pyridine rings is 1. The number of anilines is 1. The molecule has 0 bridgehead atoms. The number of alkyl halides is 1. The van der Waals surface area contributed by atoms with Crippen LogP contribution in [0.4, 0.5) is 5.82 Å². The molecule has 1 aromatic rings. The predicted octanol–water partition coefficient (Wildman–Crippen LogP) is 2.48. The van der Waals surface area contributed by atoms with Gasteiger partial charge in [-0.3, -0.25) is 4.79 Å². The maximum absolute atomic E-state index is 11.4. The Morgan fingerprint density at radius 1 is 1.50 bits per heavy atom. The predicted molar refractivity (Wildman–Crippen MR) is 69.2 cm³/mol. The fourth-order valence-corrected chi connectivity index (χ4v) is 1.52. The van der Waals surface area contributed by atoms with Crippen LogP contribution in [0.15, 0.2) is 12.3 Å². The number of nitrogens with zero attached hydrogens (tertiary/aromatic N) is 1. The van der Waals surface area contributed by atoms with Gasteiger partial charge in [0, 0.05) is 18.5 Å². The molecule has 1 aromatic heterocycles. The van der Waals surface area contributed by atoms with Crippen molar-refractivity contribution in [3.05, 3.63) is 22.8 Å². The van der Waals surface area contributed by atoms with Crippen molar-refractivity contribution >= 4 is 40.9 Å². The number of nitrogens with one attached hydrogen (secondary N) is 1. The Hall–Kier alpha value is -1.33. The van der Waals surface area contributed by atoms with Gasteiger partial charge in [-0.2, -0.15) is 0 Å². The van der Waals surface area contributed by atoms with Crippen LogP contribution in [0, 0.1) is 0 Å². The summed E-state index contributed by atoms with van der Waals surface area (Å²) in [7, 11) is 1.25. The fourth-order valence-electron chi connectivity index (χ4n) is 1.21. The largest absolute Gasteiger partial charge is 0.465 e. The highest BCUT2D eigenvalue weighted by Crippen LogP contribution is 2.19. The Balaban J connectivity index is 2.79. The van der Waals surface area contributed by atoms with Crippen LogP contribution in [0.2, 0.25) is 5.02 Å². The van der Waals surface area contributed by atoms with Crippen LogP contribution in [-0.4, -0.2) is 29.9 Å². The zero-order valence-electron chi connectivity index (χ0n) is 9.70. The molecule has 0 saturated carbocycles. The first-order valence-electron chi connectivity index (χ1n) is 5.18. The molecule has 0 aliphatic carbocycles. The molecule has 0 aliphatic rings. The molecule has 0 aliphatic heterocycles. The minimum absolute atomic E-state index is 0.154. The summed E-state index contributed by atoms with van der Waals surface area (Å²) in [5.41, 5.74) is 0.154. The van der Waals surface area contributed by atoms with Crippen LogP contribution >= 0.6 is 23.2 Å². The van der Waals surface area contributed by atoms with Gasteiger partial charge in [0.05, 0.1) is 17.7 Å². The SMILES string of the molecule is COC(=O)c1cc(NC(=O)CCCCl)ncc1Cl. The zero-order valence-corrected chi connectivity index (χ0v) is 11.2. The topological polar surface area (TPSA) is 68.3 Å². The molecule has 7 heteroatoms. The number of halogens is 2. The molecule has 1 amide bonds. The number of amides is 1. The van der Waals surface area contributed by atoms with Gasteiger partial charge >= 0.3 is 5.97 Å². The molecule has 98 valence electrons. The highest BCUT2D eigenvalue weighted by molar-refractivity contribution is 6.33. The maximum atomic E-state index is 11.4. The van der Waals surface area contributed by atoms with E-state index in [-0.39, 0.29) is 22.3 Å². The number of esters is 1. The van der Waals surface area contributed by atoms with Crippen LogP contribution < -0.4 is 5.32 Å². The van der Waals surface area contributed by atoms with Crippen molar-refractivity contribution in [3.8, 4) is 0 Å². The summed E-state index contributed by atoms with van der Waals surface area (Å²) in [5, 5.41) is 2.72. The normalized spacial score (nSPS) is 9.94. The monoisotopic (exact) mass is 290 g/mol. The summed E-state index contributed by atoms with van der Waals surface area (Å²) >= 11 is 11.3. The molecule has 1 heterocycles. The smallest absolute Gasteiger partial charge is 0.339 e. The molecule has 1 rings (SSSR count). The van der Waals surface area contributed by atoms with E-state index in [2.05, 4.69) is 15.0 Å². The Morgan fingerprint density at radius 3 is 2.83 bits per heavy atom. The third-order valence-corrected chi connectivity index (χ3v) is 2.63. The van der Waals surface area contributed by atoms with Crippen LogP contribution in [0.1, 0.15) is 23.2 Å². The first kappa shape index (κ1) is 14.7. The Kier molecular flexibility index (Phi) is 5.88. The maximum Gasteiger partial charge on any atom is 0.339 e. The summed E-state index contributed by atoms with van der Waals surface area (Å²) in [6.07, 6.45) is 2.15. The number of aromatic nitrogens is 1. The third kappa shape index (κ3) is 4.16. The third-order valence-electron chi connectivity index (χ3n) is 2.07. The van der Waals surface area contributed by atoms with Gasteiger partial charge in [0.2, 0.25) is 5.91 Å². The summed E-state index contributed by atoms with van der Waals surface area (Å²) in [4.78, 5) is 26.7. The van der Waals surface area contributed by atoms with Crippen LogP contribution in [0.25, 0.3) is 0 Å². The molecule has 1 N–H and O–H groups in total. The molecular weight excluding hydrogens is 279 g/mol. The van der Waals surface area contributed by atoms with Gasteiger partial charge in [-0.25, -0.2) is 9.78 Å². The van der Waals surface area contributed by atoms with Gasteiger partial charge in [0.15, 0.2) is 0 Å². The molecule has 0 unspecified atom stereocenters. The number of carbonyl (C=O) groups is 2. The summed E-state index contributed by atoms with van der Waals surface area (Å²) < 4.78 is 4.56. The lowest BCUT2D eigenvalue weighted by Gasteiger charge is -2.06. The first-order valence-corrected chi connectivity index (χ1v) is 6.09. The summed E-state index contributed by atoms with van der Waals surface area (Å²) in [6, 6.07) is 1.37. The average molecular weight is 291 g/mol. The summed E-state index contributed by atoms with van der Waals surface area (Å²) in [5.74, 6) is -0.145. The van der Waals surface area contributed by atoms with E-state index >= 15 is 0 Å². The lowest BCUT2D eigenvalue weighted by molar-refractivity contribution is -0.116. The van der Waals surface area contributed by atoms with Crippen molar-refractivity contribution in [1.82, 2.24) is 4.98 Å². The van der Waals surface area contributed by atoms with Crippen LogP contribution in [-0.2, 0) is 9.53 Å². The second-order valence-electron chi connectivity index (χ2n) is 3.38. The Morgan fingerprint density at radius 2 is 2.22 bits per heavy atom. The minimum Gasteiger partial charge on any atom is -0.465 e. The number of hydrogen-bond acceptors (Lipinski definition) is 4. The van der Waals surface area contributed by atoms with Crippen molar-refractivity contribution in [1.29, 1.82) is 0 Å². The van der Waals surface area contributed by atoms with Crippen molar-refractivity contribution in [2.24, 2.45) is 0 Å². The highest BCUT2D eigenvalue weighted by atomic mass is 35.5. The van der Waals surface area contributed by atoms with Crippen LogP contribution in [0.5, 0.6) is 0 Å². The van der Waals surface area contributed by atoms with Gasteiger partial charge in [0.25, 0.3) is 0 Å². The van der Waals surface area contributed by atoms with Gasteiger partial charge < -0.3 is 10.1 Å². The standard InChI is InChI=1S/C11H12Cl2N2O3/c1-18-11(17)7-5-9(14-6-8(7)13)15-10(16)3-2-4-12/h5-6H,2-4H2,1H3,(H,14,15,16). The Labute approximate surface area is 114 Å². The molecule has 0 atom stereocenters. The van der Waals surface area contributed by atoms with E-state index < -0.39 is 5.97 Å². The van der Waals surface area contributed by atoms with Crippen LogP contribution in [0.3, 0.4) is 0 Å².